The van der Waals surface area contributed by atoms with Gasteiger partial charge in [0.1, 0.15) is 0 Å². The van der Waals surface area contributed by atoms with Crippen LogP contribution in [0.25, 0.3) is 0 Å². The van der Waals surface area contributed by atoms with Crippen LogP contribution in [-0.4, -0.2) is 44.6 Å². The fraction of sp³-hybridized carbons (Fsp3) is 0.611. The Morgan fingerprint density at radius 3 is 2.50 bits per heavy atom. The van der Waals surface area contributed by atoms with Gasteiger partial charge >= 0.3 is 0 Å². The second-order valence-corrected chi connectivity index (χ2v) is 6.37. The molecular weight excluding hydrogens is 272 g/mol. The minimum atomic E-state index is 0.814. The molecule has 122 valence electrons. The number of piperidine rings is 1. The van der Waals surface area contributed by atoms with Gasteiger partial charge in [-0.2, -0.15) is 0 Å². The third-order valence-corrected chi connectivity index (χ3v) is 4.49. The molecule has 2 N–H and O–H groups in total. The largest absolute Gasteiger partial charge is 0.356 e. The van der Waals surface area contributed by atoms with E-state index >= 15 is 0 Å². The second-order valence-electron chi connectivity index (χ2n) is 6.37. The summed E-state index contributed by atoms with van der Waals surface area (Å²) in [7, 11) is 4.05. The number of guanidine groups is 1. The minimum absolute atomic E-state index is 0.814. The molecule has 0 saturated carbocycles. The van der Waals surface area contributed by atoms with E-state index in [1.807, 2.05) is 7.05 Å². The van der Waals surface area contributed by atoms with Crippen molar-refractivity contribution in [1.29, 1.82) is 0 Å². The Kier molecular flexibility index (Phi) is 6.72. The lowest BCUT2D eigenvalue weighted by atomic mass is 9.94. The summed E-state index contributed by atoms with van der Waals surface area (Å²) in [5.74, 6) is 1.76. The van der Waals surface area contributed by atoms with Crippen LogP contribution in [0.4, 0.5) is 0 Å². The van der Waals surface area contributed by atoms with Gasteiger partial charge in [-0.3, -0.25) is 4.99 Å². The number of hydrogen-bond donors (Lipinski definition) is 2. The number of likely N-dealkylation sites (tertiary alicyclic amines) is 1. The van der Waals surface area contributed by atoms with E-state index in [1.165, 1.54) is 43.5 Å². The normalized spacial score (nSPS) is 17.5. The minimum Gasteiger partial charge on any atom is -0.356 e. The van der Waals surface area contributed by atoms with E-state index in [-0.39, 0.29) is 0 Å². The Bertz CT molecular complexity index is 458. The molecule has 0 bridgehead atoms. The summed E-state index contributed by atoms with van der Waals surface area (Å²) in [6, 6.07) is 8.61. The molecule has 4 nitrogen and oxygen atoms in total. The van der Waals surface area contributed by atoms with Crippen LogP contribution in [-0.2, 0) is 6.54 Å². The van der Waals surface area contributed by atoms with Crippen LogP contribution < -0.4 is 10.6 Å². The first-order valence-corrected chi connectivity index (χ1v) is 8.36. The van der Waals surface area contributed by atoms with Gasteiger partial charge in [-0.1, -0.05) is 29.8 Å². The van der Waals surface area contributed by atoms with E-state index in [0.29, 0.717) is 0 Å². The molecule has 1 aliphatic rings. The molecule has 4 heteroatoms. The maximum absolute atomic E-state index is 4.30. The summed E-state index contributed by atoms with van der Waals surface area (Å²) in [5.41, 5.74) is 2.58. The number of nitrogens with zero attached hydrogens (tertiary/aromatic N) is 2. The van der Waals surface area contributed by atoms with E-state index < -0.39 is 0 Å². The lowest BCUT2D eigenvalue weighted by molar-refractivity contribution is 0.213. The lowest BCUT2D eigenvalue weighted by Gasteiger charge is -2.29. The van der Waals surface area contributed by atoms with Crippen LogP contribution in [0, 0.1) is 12.8 Å². The molecule has 1 heterocycles. The topological polar surface area (TPSA) is 39.7 Å². The highest BCUT2D eigenvalue weighted by atomic mass is 15.2. The summed E-state index contributed by atoms with van der Waals surface area (Å²) >= 11 is 0. The molecule has 1 aliphatic heterocycles. The molecule has 0 aromatic heterocycles. The van der Waals surface area contributed by atoms with Gasteiger partial charge in [0.2, 0.25) is 0 Å². The molecule has 1 aromatic rings. The van der Waals surface area contributed by atoms with E-state index in [4.69, 9.17) is 0 Å². The Morgan fingerprint density at radius 2 is 1.86 bits per heavy atom. The highest BCUT2D eigenvalue weighted by Crippen LogP contribution is 2.18. The molecule has 22 heavy (non-hydrogen) atoms. The third-order valence-electron chi connectivity index (χ3n) is 4.49. The molecule has 1 fully saturated rings. The molecule has 1 saturated heterocycles. The molecular formula is C18H30N4. The van der Waals surface area contributed by atoms with Crippen LogP contribution in [0.5, 0.6) is 0 Å². The fourth-order valence-corrected chi connectivity index (χ4v) is 2.86. The summed E-state index contributed by atoms with van der Waals surface area (Å²) in [4.78, 5) is 6.72. The molecule has 1 aromatic carbocycles. The van der Waals surface area contributed by atoms with Crippen molar-refractivity contribution in [2.24, 2.45) is 10.9 Å². The zero-order chi connectivity index (χ0) is 15.8. The number of benzene rings is 1. The number of hydrogen-bond acceptors (Lipinski definition) is 2. The van der Waals surface area contributed by atoms with Gasteiger partial charge in [-0.25, -0.2) is 0 Å². The van der Waals surface area contributed by atoms with Crippen LogP contribution in [0.2, 0.25) is 0 Å². The summed E-state index contributed by atoms with van der Waals surface area (Å²) in [5, 5.41) is 6.82. The van der Waals surface area contributed by atoms with Crippen LogP contribution in [0.15, 0.2) is 29.3 Å². The van der Waals surface area contributed by atoms with Gasteiger partial charge in [-0.05, 0) is 57.8 Å². The average Bonchev–Trinajstić information content (AvgIpc) is 2.54. The Morgan fingerprint density at radius 1 is 1.18 bits per heavy atom. The number of aliphatic imine (C=N–C) groups is 1. The van der Waals surface area contributed by atoms with Gasteiger partial charge in [0, 0.05) is 20.1 Å². The van der Waals surface area contributed by atoms with Crippen LogP contribution >= 0.6 is 0 Å². The number of nitrogens with one attached hydrogen (secondary N) is 2. The van der Waals surface area contributed by atoms with Crippen molar-refractivity contribution >= 4 is 5.96 Å². The van der Waals surface area contributed by atoms with Crippen LogP contribution in [0.1, 0.15) is 30.4 Å². The first-order chi connectivity index (χ1) is 10.7. The molecule has 0 amide bonds. The molecule has 2 rings (SSSR count). The van der Waals surface area contributed by atoms with Crippen molar-refractivity contribution in [1.82, 2.24) is 15.5 Å². The third kappa shape index (κ3) is 5.68. The lowest BCUT2D eigenvalue weighted by Crippen LogP contribution is -2.38. The van der Waals surface area contributed by atoms with E-state index in [9.17, 15) is 0 Å². The Labute approximate surface area is 135 Å². The van der Waals surface area contributed by atoms with Crippen molar-refractivity contribution in [3.05, 3.63) is 35.4 Å². The van der Waals surface area contributed by atoms with Gasteiger partial charge in [0.15, 0.2) is 5.96 Å². The smallest absolute Gasteiger partial charge is 0.191 e. The maximum Gasteiger partial charge on any atom is 0.191 e. The quantitative estimate of drug-likeness (QED) is 0.648. The highest BCUT2D eigenvalue weighted by Gasteiger charge is 2.16. The SMILES string of the molecule is CN=C(NCCC1CCN(C)CC1)NCc1ccc(C)cc1. The highest BCUT2D eigenvalue weighted by molar-refractivity contribution is 5.79. The van der Waals surface area contributed by atoms with Gasteiger partial charge < -0.3 is 15.5 Å². The molecule has 0 atom stereocenters. The molecule has 0 spiro atoms. The van der Waals surface area contributed by atoms with E-state index in [0.717, 1.165) is 25.0 Å². The van der Waals surface area contributed by atoms with Crippen LogP contribution in [0.3, 0.4) is 0 Å². The zero-order valence-corrected chi connectivity index (χ0v) is 14.2. The fourth-order valence-electron chi connectivity index (χ4n) is 2.86. The number of aryl methyl sites for hydroxylation is 1. The molecule has 0 radical (unpaired) electrons. The first-order valence-electron chi connectivity index (χ1n) is 8.36. The van der Waals surface area contributed by atoms with Gasteiger partial charge in [0.05, 0.1) is 0 Å². The molecule has 0 unspecified atom stereocenters. The van der Waals surface area contributed by atoms with E-state index in [1.54, 1.807) is 0 Å². The van der Waals surface area contributed by atoms with Gasteiger partial charge in [0.25, 0.3) is 0 Å². The summed E-state index contributed by atoms with van der Waals surface area (Å²) in [6.45, 7) is 6.41. The second kappa shape index (κ2) is 8.79. The van der Waals surface area contributed by atoms with Crippen molar-refractivity contribution in [2.45, 2.75) is 32.7 Å². The van der Waals surface area contributed by atoms with Gasteiger partial charge in [-0.15, -0.1) is 0 Å². The zero-order valence-electron chi connectivity index (χ0n) is 14.2. The van der Waals surface area contributed by atoms with Crippen molar-refractivity contribution < 1.29 is 0 Å². The standard InChI is InChI=1S/C18H30N4/c1-15-4-6-17(7-5-15)14-21-18(19-2)20-11-8-16-9-12-22(3)13-10-16/h4-7,16H,8-14H2,1-3H3,(H2,19,20,21). The predicted molar refractivity (Wildman–Crippen MR) is 94.2 cm³/mol. The summed E-state index contributed by atoms with van der Waals surface area (Å²) in [6.07, 6.45) is 3.89. The predicted octanol–water partition coefficient (Wildman–Crippen LogP) is 2.39. The van der Waals surface area contributed by atoms with Crippen molar-refractivity contribution in [2.75, 3.05) is 33.7 Å². The van der Waals surface area contributed by atoms with Crippen molar-refractivity contribution in [3.8, 4) is 0 Å². The monoisotopic (exact) mass is 302 g/mol. The Balaban J connectivity index is 1.66. The Hall–Kier alpha value is -1.55. The maximum atomic E-state index is 4.30. The van der Waals surface area contributed by atoms with Crippen molar-refractivity contribution in [3.63, 3.8) is 0 Å². The summed E-state index contributed by atoms with van der Waals surface area (Å²) < 4.78 is 0. The number of rotatable bonds is 5. The molecule has 0 aliphatic carbocycles. The first kappa shape index (κ1) is 16.8. The average molecular weight is 302 g/mol. The van der Waals surface area contributed by atoms with E-state index in [2.05, 4.69) is 58.8 Å².